The van der Waals surface area contributed by atoms with Crippen LogP contribution in [0.15, 0.2) is 52.9 Å². The van der Waals surface area contributed by atoms with Gasteiger partial charge in [0.25, 0.3) is 5.91 Å². The van der Waals surface area contributed by atoms with Crippen molar-refractivity contribution in [3.05, 3.63) is 59.7 Å². The number of hydrogen-bond acceptors (Lipinski definition) is 5. The highest BCUT2D eigenvalue weighted by atomic mass is 16.5. The number of carbonyl (C=O) groups is 1. The summed E-state index contributed by atoms with van der Waals surface area (Å²) in [7, 11) is 0. The number of benzene rings is 2. The monoisotopic (exact) mass is 391 g/mol. The predicted molar refractivity (Wildman–Crippen MR) is 110 cm³/mol. The number of nitrogens with zero attached hydrogens (tertiary/aromatic N) is 2. The van der Waals surface area contributed by atoms with Gasteiger partial charge in [-0.2, -0.15) is 0 Å². The number of rotatable bonds is 9. The molecule has 1 saturated carbocycles. The third-order valence-corrected chi connectivity index (χ3v) is 4.89. The van der Waals surface area contributed by atoms with Crippen molar-refractivity contribution in [3.8, 4) is 22.9 Å². The molecule has 0 atom stereocenters. The highest BCUT2D eigenvalue weighted by molar-refractivity contribution is 5.94. The molecule has 0 bridgehead atoms. The largest absolute Gasteiger partial charge is 0.416 e. The fourth-order valence-electron chi connectivity index (χ4n) is 3.01. The van der Waals surface area contributed by atoms with E-state index in [1.165, 1.54) is 12.8 Å². The van der Waals surface area contributed by atoms with E-state index in [-0.39, 0.29) is 5.91 Å². The summed E-state index contributed by atoms with van der Waals surface area (Å²) in [6.45, 7) is 4.17. The van der Waals surface area contributed by atoms with E-state index in [2.05, 4.69) is 15.5 Å². The first kappa shape index (κ1) is 19.3. The maximum absolute atomic E-state index is 12.3. The van der Waals surface area contributed by atoms with Gasteiger partial charge in [0.2, 0.25) is 11.8 Å². The zero-order valence-electron chi connectivity index (χ0n) is 16.6. The Morgan fingerprint density at radius 2 is 1.86 bits per heavy atom. The van der Waals surface area contributed by atoms with Gasteiger partial charge in [-0.1, -0.05) is 17.7 Å². The van der Waals surface area contributed by atoms with Crippen LogP contribution in [0.4, 0.5) is 0 Å². The summed E-state index contributed by atoms with van der Waals surface area (Å²) in [5.41, 5.74) is 3.40. The van der Waals surface area contributed by atoms with E-state index in [9.17, 15) is 4.79 Å². The maximum Gasteiger partial charge on any atom is 0.251 e. The summed E-state index contributed by atoms with van der Waals surface area (Å²) in [6.07, 6.45) is 3.41. The second kappa shape index (κ2) is 9.01. The molecule has 1 fully saturated rings. The van der Waals surface area contributed by atoms with Crippen molar-refractivity contribution in [1.29, 1.82) is 0 Å². The number of ether oxygens (including phenoxy) is 1. The zero-order valence-corrected chi connectivity index (χ0v) is 16.6. The highest BCUT2D eigenvalue weighted by Crippen LogP contribution is 2.28. The van der Waals surface area contributed by atoms with Gasteiger partial charge in [-0.25, -0.2) is 0 Å². The van der Waals surface area contributed by atoms with E-state index in [1.807, 2.05) is 43.3 Å². The molecule has 2 aromatic carbocycles. The van der Waals surface area contributed by atoms with Crippen LogP contribution in [0.25, 0.3) is 22.9 Å². The van der Waals surface area contributed by atoms with E-state index < -0.39 is 0 Å². The van der Waals surface area contributed by atoms with Crippen LogP contribution < -0.4 is 5.32 Å². The molecule has 29 heavy (non-hydrogen) atoms. The molecular weight excluding hydrogens is 366 g/mol. The van der Waals surface area contributed by atoms with Crippen LogP contribution >= 0.6 is 0 Å². The summed E-state index contributed by atoms with van der Waals surface area (Å²) in [5, 5.41) is 11.2. The smallest absolute Gasteiger partial charge is 0.251 e. The standard InChI is InChI=1S/C23H25N3O3/c1-16-4-2-5-20(14-16)23-26-25-22(29-23)19-10-8-18(9-11-19)21(27)24-12-3-13-28-15-17-6-7-17/h2,4-5,8-11,14,17H,3,6-7,12-13,15H2,1H3,(H,24,27). The third-order valence-electron chi connectivity index (χ3n) is 4.89. The predicted octanol–water partition coefficient (Wildman–Crippen LogP) is 4.26. The lowest BCUT2D eigenvalue weighted by molar-refractivity contribution is 0.0937. The number of nitrogens with one attached hydrogen (secondary N) is 1. The van der Waals surface area contributed by atoms with Crippen LogP contribution in [0.3, 0.4) is 0 Å². The molecule has 6 nitrogen and oxygen atoms in total. The maximum atomic E-state index is 12.3. The minimum atomic E-state index is -0.0929. The van der Waals surface area contributed by atoms with Crippen molar-refractivity contribution in [2.24, 2.45) is 5.92 Å². The Labute approximate surface area is 170 Å². The molecule has 1 aliphatic rings. The summed E-state index contributed by atoms with van der Waals surface area (Å²) in [6, 6.07) is 15.1. The Bertz CT molecular complexity index is 962. The molecule has 0 radical (unpaired) electrons. The number of aryl methyl sites for hydroxylation is 1. The quantitative estimate of drug-likeness (QED) is 0.552. The molecule has 1 aliphatic carbocycles. The van der Waals surface area contributed by atoms with Gasteiger partial charge in [-0.15, -0.1) is 10.2 Å². The average Bonchev–Trinajstić information content (AvgIpc) is 3.43. The third kappa shape index (κ3) is 5.29. The first-order chi connectivity index (χ1) is 14.2. The fourth-order valence-corrected chi connectivity index (χ4v) is 3.01. The fraction of sp³-hybridized carbons (Fsp3) is 0.348. The average molecular weight is 391 g/mol. The van der Waals surface area contributed by atoms with E-state index in [0.29, 0.717) is 30.5 Å². The van der Waals surface area contributed by atoms with Gasteiger partial charge in [-0.3, -0.25) is 4.79 Å². The Morgan fingerprint density at radius 1 is 1.10 bits per heavy atom. The molecule has 0 unspecified atom stereocenters. The Hall–Kier alpha value is -2.99. The van der Waals surface area contributed by atoms with Crippen molar-refractivity contribution >= 4 is 5.91 Å². The lowest BCUT2D eigenvalue weighted by atomic mass is 10.1. The minimum absolute atomic E-state index is 0.0929. The van der Waals surface area contributed by atoms with Crippen molar-refractivity contribution in [2.45, 2.75) is 26.2 Å². The highest BCUT2D eigenvalue weighted by Gasteiger charge is 2.20. The number of amides is 1. The zero-order chi connectivity index (χ0) is 20.1. The van der Waals surface area contributed by atoms with Crippen LogP contribution in [0.5, 0.6) is 0 Å². The topological polar surface area (TPSA) is 77.2 Å². The summed E-state index contributed by atoms with van der Waals surface area (Å²) in [4.78, 5) is 12.3. The number of hydrogen-bond donors (Lipinski definition) is 1. The van der Waals surface area contributed by atoms with Gasteiger partial charge in [0.15, 0.2) is 0 Å². The van der Waals surface area contributed by atoms with Gasteiger partial charge in [0, 0.05) is 36.4 Å². The Kier molecular flexibility index (Phi) is 6.00. The lowest BCUT2D eigenvalue weighted by Gasteiger charge is -2.06. The molecule has 0 spiro atoms. The van der Waals surface area contributed by atoms with Crippen LogP contribution in [-0.2, 0) is 4.74 Å². The second-order valence-electron chi connectivity index (χ2n) is 7.49. The first-order valence-corrected chi connectivity index (χ1v) is 10.1. The first-order valence-electron chi connectivity index (χ1n) is 10.1. The number of carbonyl (C=O) groups excluding carboxylic acids is 1. The summed E-state index contributed by atoms with van der Waals surface area (Å²) >= 11 is 0. The van der Waals surface area contributed by atoms with Gasteiger partial charge >= 0.3 is 0 Å². The number of aromatic nitrogens is 2. The van der Waals surface area contributed by atoms with E-state index in [1.54, 1.807) is 12.1 Å². The summed E-state index contributed by atoms with van der Waals surface area (Å²) in [5.74, 6) is 1.59. The minimum Gasteiger partial charge on any atom is -0.416 e. The van der Waals surface area contributed by atoms with Crippen LogP contribution in [0, 0.1) is 12.8 Å². The van der Waals surface area contributed by atoms with Crippen molar-refractivity contribution in [3.63, 3.8) is 0 Å². The van der Waals surface area contributed by atoms with E-state index in [4.69, 9.17) is 9.15 Å². The van der Waals surface area contributed by atoms with Gasteiger partial charge in [-0.05, 0) is 68.5 Å². The molecule has 1 heterocycles. The molecule has 4 rings (SSSR count). The Morgan fingerprint density at radius 3 is 2.59 bits per heavy atom. The van der Waals surface area contributed by atoms with Gasteiger partial charge in [0.1, 0.15) is 0 Å². The van der Waals surface area contributed by atoms with E-state index >= 15 is 0 Å². The van der Waals surface area contributed by atoms with Crippen LogP contribution in [-0.4, -0.2) is 35.9 Å². The van der Waals surface area contributed by atoms with Crippen LogP contribution in [0.1, 0.15) is 35.2 Å². The molecule has 1 aromatic heterocycles. The Balaban J connectivity index is 1.30. The SMILES string of the molecule is Cc1cccc(-c2nnc(-c3ccc(C(=O)NCCCOCC4CC4)cc3)o2)c1. The van der Waals surface area contributed by atoms with Crippen molar-refractivity contribution < 1.29 is 13.9 Å². The molecular formula is C23H25N3O3. The van der Waals surface area contributed by atoms with Crippen molar-refractivity contribution in [2.75, 3.05) is 19.8 Å². The summed E-state index contributed by atoms with van der Waals surface area (Å²) < 4.78 is 11.4. The molecule has 1 amide bonds. The lowest BCUT2D eigenvalue weighted by Crippen LogP contribution is -2.25. The molecule has 6 heteroatoms. The van der Waals surface area contributed by atoms with Crippen molar-refractivity contribution in [1.82, 2.24) is 15.5 Å². The van der Waals surface area contributed by atoms with Gasteiger partial charge in [0.05, 0.1) is 0 Å². The molecule has 3 aromatic rings. The molecule has 0 saturated heterocycles. The normalized spacial score (nSPS) is 13.4. The molecule has 0 aliphatic heterocycles. The molecule has 150 valence electrons. The van der Waals surface area contributed by atoms with E-state index in [0.717, 1.165) is 35.6 Å². The second-order valence-corrected chi connectivity index (χ2v) is 7.49. The van der Waals surface area contributed by atoms with Gasteiger partial charge < -0.3 is 14.5 Å². The molecule has 1 N–H and O–H groups in total. The van der Waals surface area contributed by atoms with Crippen LogP contribution in [0.2, 0.25) is 0 Å².